The molecule has 0 aromatic carbocycles. The van der Waals surface area contributed by atoms with Crippen LogP contribution in [-0.2, 0) is 4.79 Å². The van der Waals surface area contributed by atoms with Crippen molar-refractivity contribution >= 4 is 5.78 Å². The molecule has 1 saturated heterocycles. The SMILES string of the molecule is NN1CCCCC(=O)C1. The van der Waals surface area contributed by atoms with E-state index in [9.17, 15) is 4.79 Å². The summed E-state index contributed by atoms with van der Waals surface area (Å²) in [6, 6.07) is 0. The molecular weight excluding hydrogens is 116 g/mol. The monoisotopic (exact) mass is 128 g/mol. The van der Waals surface area contributed by atoms with Crippen molar-refractivity contribution in [2.75, 3.05) is 13.1 Å². The second-order valence-corrected chi connectivity index (χ2v) is 2.47. The standard InChI is InChI=1S/C6H12N2O/c7-8-4-2-1-3-6(9)5-8/h1-5,7H2. The van der Waals surface area contributed by atoms with E-state index in [1.54, 1.807) is 5.01 Å². The number of carbonyl (C=O) groups excluding carboxylic acids is 1. The maximum absolute atomic E-state index is 10.8. The molecule has 3 heteroatoms. The topological polar surface area (TPSA) is 46.3 Å². The molecule has 0 aliphatic carbocycles. The maximum Gasteiger partial charge on any atom is 0.148 e. The fourth-order valence-electron chi connectivity index (χ4n) is 1.02. The second-order valence-electron chi connectivity index (χ2n) is 2.47. The van der Waals surface area contributed by atoms with Crippen LogP contribution in [0, 0.1) is 0 Å². The van der Waals surface area contributed by atoms with Gasteiger partial charge in [0.2, 0.25) is 0 Å². The van der Waals surface area contributed by atoms with Crippen LogP contribution in [-0.4, -0.2) is 23.9 Å². The van der Waals surface area contributed by atoms with Gasteiger partial charge in [-0.05, 0) is 12.8 Å². The normalized spacial score (nSPS) is 23.9. The van der Waals surface area contributed by atoms with E-state index in [1.807, 2.05) is 0 Å². The second kappa shape index (κ2) is 2.94. The summed E-state index contributed by atoms with van der Waals surface area (Å²) < 4.78 is 0. The molecule has 0 aromatic heterocycles. The van der Waals surface area contributed by atoms with Crippen LogP contribution < -0.4 is 5.84 Å². The lowest BCUT2D eigenvalue weighted by atomic mass is 10.2. The highest BCUT2D eigenvalue weighted by Gasteiger charge is 2.10. The van der Waals surface area contributed by atoms with Crippen LogP contribution in [0.15, 0.2) is 0 Å². The molecule has 0 amide bonds. The van der Waals surface area contributed by atoms with Gasteiger partial charge in [-0.2, -0.15) is 0 Å². The molecule has 2 N–H and O–H groups in total. The van der Waals surface area contributed by atoms with Gasteiger partial charge in [-0.3, -0.25) is 10.6 Å². The number of hydrogen-bond donors (Lipinski definition) is 1. The highest BCUT2D eigenvalue weighted by Crippen LogP contribution is 2.02. The average Bonchev–Trinajstić information content (AvgIpc) is 1.93. The van der Waals surface area contributed by atoms with E-state index in [0.29, 0.717) is 13.0 Å². The Morgan fingerprint density at radius 3 is 3.00 bits per heavy atom. The molecule has 0 bridgehead atoms. The van der Waals surface area contributed by atoms with Gasteiger partial charge in [-0.15, -0.1) is 0 Å². The first kappa shape index (κ1) is 6.71. The minimum atomic E-state index is 0.273. The van der Waals surface area contributed by atoms with Gasteiger partial charge in [0.25, 0.3) is 0 Å². The first-order valence-electron chi connectivity index (χ1n) is 3.30. The fourth-order valence-corrected chi connectivity index (χ4v) is 1.02. The smallest absolute Gasteiger partial charge is 0.148 e. The third kappa shape index (κ3) is 2.11. The number of carbonyl (C=O) groups is 1. The summed E-state index contributed by atoms with van der Waals surface area (Å²) in [5, 5.41) is 1.59. The molecule has 0 aromatic rings. The quantitative estimate of drug-likeness (QED) is 0.464. The molecule has 9 heavy (non-hydrogen) atoms. The highest BCUT2D eigenvalue weighted by atomic mass is 16.1. The zero-order valence-corrected chi connectivity index (χ0v) is 5.47. The van der Waals surface area contributed by atoms with Crippen molar-refractivity contribution in [3.05, 3.63) is 0 Å². The van der Waals surface area contributed by atoms with Crippen molar-refractivity contribution in [3.63, 3.8) is 0 Å². The molecule has 0 radical (unpaired) electrons. The molecule has 3 nitrogen and oxygen atoms in total. The van der Waals surface area contributed by atoms with E-state index in [-0.39, 0.29) is 5.78 Å². The van der Waals surface area contributed by atoms with Crippen LogP contribution in [0.5, 0.6) is 0 Å². The first-order valence-corrected chi connectivity index (χ1v) is 3.30. The number of nitrogens with zero attached hydrogens (tertiary/aromatic N) is 1. The van der Waals surface area contributed by atoms with Crippen LogP contribution in [0.2, 0.25) is 0 Å². The lowest BCUT2D eigenvalue weighted by Crippen LogP contribution is -2.34. The number of ketones is 1. The van der Waals surface area contributed by atoms with E-state index >= 15 is 0 Å². The van der Waals surface area contributed by atoms with Crippen molar-refractivity contribution in [2.45, 2.75) is 19.3 Å². The van der Waals surface area contributed by atoms with Gasteiger partial charge in [0.15, 0.2) is 0 Å². The van der Waals surface area contributed by atoms with Crippen molar-refractivity contribution < 1.29 is 4.79 Å². The largest absolute Gasteiger partial charge is 0.298 e. The summed E-state index contributed by atoms with van der Waals surface area (Å²) in [5.41, 5.74) is 0. The molecule has 0 saturated carbocycles. The summed E-state index contributed by atoms with van der Waals surface area (Å²) in [5.74, 6) is 5.71. The van der Waals surface area contributed by atoms with Crippen LogP contribution in [0.3, 0.4) is 0 Å². The van der Waals surface area contributed by atoms with Gasteiger partial charge in [0.05, 0.1) is 6.54 Å². The Balaban J connectivity index is 2.37. The lowest BCUT2D eigenvalue weighted by molar-refractivity contribution is -0.119. The Hall–Kier alpha value is -0.410. The lowest BCUT2D eigenvalue weighted by Gasteiger charge is -2.09. The predicted molar refractivity (Wildman–Crippen MR) is 34.6 cm³/mol. The maximum atomic E-state index is 10.8. The van der Waals surface area contributed by atoms with E-state index in [2.05, 4.69) is 0 Å². The minimum Gasteiger partial charge on any atom is -0.298 e. The van der Waals surface area contributed by atoms with Crippen molar-refractivity contribution in [1.82, 2.24) is 5.01 Å². The molecule has 0 unspecified atom stereocenters. The number of nitrogens with two attached hydrogens (primary N) is 1. The molecule has 1 heterocycles. The summed E-state index contributed by atoms with van der Waals surface area (Å²) in [7, 11) is 0. The van der Waals surface area contributed by atoms with Crippen molar-refractivity contribution in [1.29, 1.82) is 0 Å². The summed E-state index contributed by atoms with van der Waals surface area (Å²) in [4.78, 5) is 10.8. The van der Waals surface area contributed by atoms with Crippen LogP contribution in [0.25, 0.3) is 0 Å². The number of hydrazine groups is 1. The molecule has 0 spiro atoms. The number of hydrogen-bond acceptors (Lipinski definition) is 3. The number of rotatable bonds is 0. The molecule has 1 aliphatic heterocycles. The summed E-state index contributed by atoms with van der Waals surface area (Å²) in [6.07, 6.45) is 2.78. The summed E-state index contributed by atoms with van der Waals surface area (Å²) >= 11 is 0. The average molecular weight is 128 g/mol. The predicted octanol–water partition coefficient (Wildman–Crippen LogP) is -0.0849. The Morgan fingerprint density at radius 1 is 1.44 bits per heavy atom. The zero-order valence-electron chi connectivity index (χ0n) is 5.47. The summed E-state index contributed by atoms with van der Waals surface area (Å²) in [6.45, 7) is 1.31. The van der Waals surface area contributed by atoms with Crippen molar-refractivity contribution in [2.24, 2.45) is 5.84 Å². The van der Waals surface area contributed by atoms with E-state index in [0.717, 1.165) is 19.4 Å². The molecule has 52 valence electrons. The first-order chi connectivity index (χ1) is 4.29. The van der Waals surface area contributed by atoms with Gasteiger partial charge in [0, 0.05) is 13.0 Å². The highest BCUT2D eigenvalue weighted by molar-refractivity contribution is 5.80. The molecular formula is C6H12N2O. The van der Waals surface area contributed by atoms with Crippen LogP contribution in [0.4, 0.5) is 0 Å². The minimum absolute atomic E-state index is 0.273. The Bertz CT molecular complexity index is 114. The van der Waals surface area contributed by atoms with E-state index in [1.165, 1.54) is 0 Å². The van der Waals surface area contributed by atoms with Gasteiger partial charge in [-0.1, -0.05) is 0 Å². The molecule has 0 atom stereocenters. The van der Waals surface area contributed by atoms with Gasteiger partial charge >= 0.3 is 0 Å². The third-order valence-electron chi connectivity index (χ3n) is 1.53. The third-order valence-corrected chi connectivity index (χ3v) is 1.53. The Kier molecular flexibility index (Phi) is 2.19. The van der Waals surface area contributed by atoms with Crippen molar-refractivity contribution in [3.8, 4) is 0 Å². The fraction of sp³-hybridized carbons (Fsp3) is 0.833. The van der Waals surface area contributed by atoms with E-state index in [4.69, 9.17) is 5.84 Å². The molecule has 1 aliphatic rings. The van der Waals surface area contributed by atoms with Crippen LogP contribution in [0.1, 0.15) is 19.3 Å². The van der Waals surface area contributed by atoms with E-state index < -0.39 is 0 Å². The van der Waals surface area contributed by atoms with Gasteiger partial charge < -0.3 is 0 Å². The zero-order chi connectivity index (χ0) is 6.69. The Morgan fingerprint density at radius 2 is 2.22 bits per heavy atom. The molecule has 1 fully saturated rings. The number of Topliss-reactive ketones (excluding diaryl/α,β-unsaturated/α-hetero) is 1. The van der Waals surface area contributed by atoms with Gasteiger partial charge in [0.1, 0.15) is 5.78 Å². The van der Waals surface area contributed by atoms with Crippen LogP contribution >= 0.6 is 0 Å². The Labute approximate surface area is 54.8 Å². The molecule has 1 rings (SSSR count). The van der Waals surface area contributed by atoms with Gasteiger partial charge in [-0.25, -0.2) is 5.01 Å².